The smallest absolute Gasteiger partial charge is 0.0907 e. The van der Waals surface area contributed by atoms with Gasteiger partial charge in [0.15, 0.2) is 0 Å². The van der Waals surface area contributed by atoms with Crippen LogP contribution in [0, 0.1) is 6.92 Å². The summed E-state index contributed by atoms with van der Waals surface area (Å²) in [5.74, 6) is 0. The molecule has 0 aliphatic carbocycles. The molecule has 3 aromatic rings. The zero-order valence-corrected chi connectivity index (χ0v) is 11.2. The third-order valence-electron chi connectivity index (χ3n) is 3.00. The Bertz CT molecular complexity index is 683. The highest BCUT2D eigenvalue weighted by atomic mass is 32.1. The number of thiazole rings is 1. The molecule has 0 spiro atoms. The predicted octanol–water partition coefficient (Wildman–Crippen LogP) is 4.31. The van der Waals surface area contributed by atoms with E-state index < -0.39 is 0 Å². The minimum absolute atomic E-state index is 1.09. The summed E-state index contributed by atoms with van der Waals surface area (Å²) >= 11 is 1.74. The van der Waals surface area contributed by atoms with Crippen molar-refractivity contribution in [2.24, 2.45) is 0 Å². The lowest BCUT2D eigenvalue weighted by atomic mass is 10.1. The van der Waals surface area contributed by atoms with Crippen molar-refractivity contribution in [3.63, 3.8) is 0 Å². The van der Waals surface area contributed by atoms with Gasteiger partial charge in [0.05, 0.1) is 15.2 Å². The molecule has 3 heteroatoms. The van der Waals surface area contributed by atoms with Crippen LogP contribution in [-0.2, 0) is 0 Å². The van der Waals surface area contributed by atoms with Crippen molar-refractivity contribution in [3.8, 4) is 11.1 Å². The zero-order chi connectivity index (χ0) is 12.5. The fourth-order valence-corrected chi connectivity index (χ4v) is 2.86. The normalized spacial score (nSPS) is 10.8. The highest BCUT2D eigenvalue weighted by molar-refractivity contribution is 7.18. The van der Waals surface area contributed by atoms with Gasteiger partial charge < -0.3 is 5.32 Å². The summed E-state index contributed by atoms with van der Waals surface area (Å²) < 4.78 is 1.25. The topological polar surface area (TPSA) is 24.9 Å². The van der Waals surface area contributed by atoms with Crippen LogP contribution in [-0.4, -0.2) is 12.0 Å². The van der Waals surface area contributed by atoms with Crippen molar-refractivity contribution in [2.75, 3.05) is 12.4 Å². The van der Waals surface area contributed by atoms with Crippen molar-refractivity contribution in [2.45, 2.75) is 6.92 Å². The third kappa shape index (κ3) is 1.97. The van der Waals surface area contributed by atoms with Gasteiger partial charge in [0.2, 0.25) is 0 Å². The molecule has 0 saturated carbocycles. The first-order chi connectivity index (χ1) is 8.76. The van der Waals surface area contributed by atoms with Crippen LogP contribution in [0.1, 0.15) is 5.01 Å². The predicted molar refractivity (Wildman–Crippen MR) is 79.3 cm³/mol. The molecule has 0 radical (unpaired) electrons. The summed E-state index contributed by atoms with van der Waals surface area (Å²) in [6, 6.07) is 14.9. The molecule has 2 aromatic carbocycles. The molecular formula is C15H14N2S. The van der Waals surface area contributed by atoms with E-state index in [1.54, 1.807) is 11.3 Å². The largest absolute Gasteiger partial charge is 0.388 e. The van der Waals surface area contributed by atoms with E-state index in [2.05, 4.69) is 52.8 Å². The number of fused-ring (bicyclic) bond motifs is 1. The molecule has 3 rings (SSSR count). The summed E-state index contributed by atoms with van der Waals surface area (Å²) in [7, 11) is 1.93. The quantitative estimate of drug-likeness (QED) is 0.737. The van der Waals surface area contributed by atoms with Gasteiger partial charge in [-0.3, -0.25) is 0 Å². The number of aryl methyl sites for hydroxylation is 1. The minimum Gasteiger partial charge on any atom is -0.388 e. The van der Waals surface area contributed by atoms with Gasteiger partial charge in [-0.1, -0.05) is 18.2 Å². The number of anilines is 1. The maximum absolute atomic E-state index is 4.54. The fourth-order valence-electron chi connectivity index (χ4n) is 2.05. The lowest BCUT2D eigenvalue weighted by Gasteiger charge is -2.04. The van der Waals surface area contributed by atoms with E-state index >= 15 is 0 Å². The van der Waals surface area contributed by atoms with Gasteiger partial charge in [-0.25, -0.2) is 4.98 Å². The first kappa shape index (κ1) is 11.2. The Morgan fingerprint density at radius 3 is 2.44 bits per heavy atom. The van der Waals surface area contributed by atoms with Crippen LogP contribution in [0.15, 0.2) is 42.5 Å². The van der Waals surface area contributed by atoms with E-state index in [-0.39, 0.29) is 0 Å². The van der Waals surface area contributed by atoms with Crippen molar-refractivity contribution < 1.29 is 0 Å². The van der Waals surface area contributed by atoms with Crippen LogP contribution in [0.4, 0.5) is 5.69 Å². The van der Waals surface area contributed by atoms with Crippen LogP contribution in [0.2, 0.25) is 0 Å². The molecule has 0 unspecified atom stereocenters. The van der Waals surface area contributed by atoms with Crippen LogP contribution in [0.3, 0.4) is 0 Å². The number of nitrogens with one attached hydrogen (secondary N) is 1. The van der Waals surface area contributed by atoms with Crippen molar-refractivity contribution in [1.29, 1.82) is 0 Å². The lowest BCUT2D eigenvalue weighted by molar-refractivity contribution is 1.35. The minimum atomic E-state index is 1.09. The van der Waals surface area contributed by atoms with Gasteiger partial charge >= 0.3 is 0 Å². The Balaban J connectivity index is 2.06. The standard InChI is InChI=1S/C15H14N2S/c1-10-17-14-9-12(5-8-15(14)18-10)11-3-6-13(16-2)7-4-11/h3-9,16H,1-2H3. The lowest BCUT2D eigenvalue weighted by Crippen LogP contribution is -1.86. The van der Waals surface area contributed by atoms with Gasteiger partial charge in [-0.05, 0) is 42.3 Å². The molecule has 0 aliphatic heterocycles. The van der Waals surface area contributed by atoms with Crippen LogP contribution >= 0.6 is 11.3 Å². The molecule has 1 heterocycles. The number of rotatable bonds is 2. The summed E-state index contributed by atoms with van der Waals surface area (Å²) in [6.07, 6.45) is 0. The maximum atomic E-state index is 4.54. The summed E-state index contributed by atoms with van der Waals surface area (Å²) in [4.78, 5) is 4.54. The van der Waals surface area contributed by atoms with Crippen LogP contribution < -0.4 is 5.32 Å². The molecule has 0 fully saturated rings. The highest BCUT2D eigenvalue weighted by Gasteiger charge is 2.03. The summed E-state index contributed by atoms with van der Waals surface area (Å²) in [6.45, 7) is 2.05. The molecule has 0 bridgehead atoms. The second-order valence-electron chi connectivity index (χ2n) is 4.24. The Kier molecular flexibility index (Phi) is 2.76. The van der Waals surface area contributed by atoms with Gasteiger partial charge in [0, 0.05) is 12.7 Å². The number of hydrogen-bond acceptors (Lipinski definition) is 3. The summed E-state index contributed by atoms with van der Waals surface area (Å²) in [5, 5.41) is 4.25. The maximum Gasteiger partial charge on any atom is 0.0907 e. The molecule has 0 aliphatic rings. The van der Waals surface area contributed by atoms with Crippen molar-refractivity contribution in [1.82, 2.24) is 4.98 Å². The van der Waals surface area contributed by atoms with Gasteiger partial charge in [-0.15, -0.1) is 11.3 Å². The van der Waals surface area contributed by atoms with Gasteiger partial charge in [-0.2, -0.15) is 0 Å². The molecular weight excluding hydrogens is 240 g/mol. The first-order valence-corrected chi connectivity index (χ1v) is 6.73. The van der Waals surface area contributed by atoms with E-state index in [0.29, 0.717) is 0 Å². The monoisotopic (exact) mass is 254 g/mol. The summed E-state index contributed by atoms with van der Waals surface area (Å²) in [5.41, 5.74) is 4.66. The van der Waals surface area contributed by atoms with Gasteiger partial charge in [0.25, 0.3) is 0 Å². The molecule has 18 heavy (non-hydrogen) atoms. The van der Waals surface area contributed by atoms with Gasteiger partial charge in [0.1, 0.15) is 0 Å². The van der Waals surface area contributed by atoms with E-state index in [1.807, 2.05) is 14.0 Å². The van der Waals surface area contributed by atoms with Crippen LogP contribution in [0.25, 0.3) is 21.3 Å². The first-order valence-electron chi connectivity index (χ1n) is 5.91. The Labute approximate surface area is 110 Å². The van der Waals surface area contributed by atoms with Crippen LogP contribution in [0.5, 0.6) is 0 Å². The molecule has 0 saturated heterocycles. The Morgan fingerprint density at radius 1 is 1.00 bits per heavy atom. The molecule has 2 nitrogen and oxygen atoms in total. The Morgan fingerprint density at radius 2 is 1.72 bits per heavy atom. The molecule has 1 aromatic heterocycles. The van der Waals surface area contributed by atoms with E-state index in [9.17, 15) is 0 Å². The number of benzene rings is 2. The number of aromatic nitrogens is 1. The second-order valence-corrected chi connectivity index (χ2v) is 5.48. The number of nitrogens with zero attached hydrogens (tertiary/aromatic N) is 1. The Hall–Kier alpha value is -1.87. The zero-order valence-electron chi connectivity index (χ0n) is 10.4. The highest BCUT2D eigenvalue weighted by Crippen LogP contribution is 2.28. The molecule has 1 N–H and O–H groups in total. The SMILES string of the molecule is CNc1ccc(-c2ccc3sc(C)nc3c2)cc1. The molecule has 0 atom stereocenters. The van der Waals surface area contributed by atoms with E-state index in [0.717, 1.165) is 16.2 Å². The van der Waals surface area contributed by atoms with E-state index in [4.69, 9.17) is 0 Å². The van der Waals surface area contributed by atoms with E-state index in [1.165, 1.54) is 15.8 Å². The third-order valence-corrected chi connectivity index (χ3v) is 3.95. The average molecular weight is 254 g/mol. The molecule has 90 valence electrons. The average Bonchev–Trinajstić information content (AvgIpc) is 2.78. The second kappa shape index (κ2) is 4.42. The molecule has 0 amide bonds. The fraction of sp³-hybridized carbons (Fsp3) is 0.133. The van der Waals surface area contributed by atoms with Crippen molar-refractivity contribution >= 4 is 27.2 Å². The van der Waals surface area contributed by atoms with Crippen molar-refractivity contribution in [3.05, 3.63) is 47.5 Å². The number of hydrogen-bond donors (Lipinski definition) is 1.